The van der Waals surface area contributed by atoms with Crippen LogP contribution >= 0.6 is 0 Å². The van der Waals surface area contributed by atoms with Crippen molar-refractivity contribution in [3.05, 3.63) is 17.0 Å². The predicted octanol–water partition coefficient (Wildman–Crippen LogP) is 1.82. The Hall–Kier alpha value is -1.36. The first kappa shape index (κ1) is 12.7. The zero-order valence-electron chi connectivity index (χ0n) is 11.2. The molecule has 3 N–H and O–H groups in total. The molecule has 2 aliphatic rings. The molecule has 1 aromatic rings. The van der Waals surface area contributed by atoms with Crippen LogP contribution in [0.25, 0.3) is 0 Å². The molecule has 1 amide bonds. The number of nitrogens with one attached hydrogen (secondary N) is 1. The summed E-state index contributed by atoms with van der Waals surface area (Å²) in [6.45, 7) is 0. The Kier molecular flexibility index (Phi) is 3.55. The molecule has 0 spiro atoms. The summed E-state index contributed by atoms with van der Waals surface area (Å²) in [6.07, 6.45) is 8.57. The number of hydrazine groups is 1. The third kappa shape index (κ3) is 2.27. The number of aryl methyl sites for hydroxylation is 1. The van der Waals surface area contributed by atoms with Crippen molar-refractivity contribution in [3.8, 4) is 0 Å². The van der Waals surface area contributed by atoms with Crippen LogP contribution in [0.2, 0.25) is 0 Å². The van der Waals surface area contributed by atoms with Crippen LogP contribution in [0.1, 0.15) is 61.5 Å². The predicted molar refractivity (Wildman–Crippen MR) is 70.2 cm³/mol. The lowest BCUT2D eigenvalue weighted by Crippen LogP contribution is -2.39. The van der Waals surface area contributed by atoms with Crippen molar-refractivity contribution in [1.82, 2.24) is 10.6 Å². The molecule has 1 saturated carbocycles. The van der Waals surface area contributed by atoms with E-state index in [1.807, 2.05) is 0 Å². The summed E-state index contributed by atoms with van der Waals surface area (Å²) < 4.78 is 5.61. The number of nitrogens with zero attached hydrogens (tertiary/aromatic N) is 1. The highest BCUT2D eigenvalue weighted by Gasteiger charge is 2.36. The quantitative estimate of drug-likeness (QED) is 0.484. The number of nitrogens with two attached hydrogens (primary N) is 1. The Balaban J connectivity index is 1.90. The summed E-state index contributed by atoms with van der Waals surface area (Å²) >= 11 is 0. The van der Waals surface area contributed by atoms with Gasteiger partial charge >= 0.3 is 0 Å². The van der Waals surface area contributed by atoms with Gasteiger partial charge in [0.2, 0.25) is 5.91 Å². The van der Waals surface area contributed by atoms with Gasteiger partial charge in [-0.1, -0.05) is 18.0 Å². The Bertz CT molecular complexity index is 469. The van der Waals surface area contributed by atoms with Crippen LogP contribution in [0.4, 0.5) is 0 Å². The van der Waals surface area contributed by atoms with Gasteiger partial charge in [-0.15, -0.1) is 0 Å². The highest BCUT2D eigenvalue weighted by atomic mass is 16.5. The van der Waals surface area contributed by atoms with Gasteiger partial charge in [0.25, 0.3) is 0 Å². The van der Waals surface area contributed by atoms with E-state index in [-0.39, 0.29) is 17.7 Å². The topological polar surface area (TPSA) is 81.1 Å². The number of aromatic nitrogens is 1. The monoisotopic (exact) mass is 263 g/mol. The minimum atomic E-state index is -0.0642. The lowest BCUT2D eigenvalue weighted by atomic mass is 9.75. The van der Waals surface area contributed by atoms with E-state index in [9.17, 15) is 4.79 Å². The lowest BCUT2D eigenvalue weighted by molar-refractivity contribution is -0.126. The molecule has 5 nitrogen and oxygen atoms in total. The van der Waals surface area contributed by atoms with Crippen LogP contribution in [0, 0.1) is 5.92 Å². The molecular weight excluding hydrogens is 242 g/mol. The molecule has 2 unspecified atom stereocenters. The SMILES string of the molecule is NNC(=O)C1CCCCC1c1onc2c1CCCC2. The maximum Gasteiger partial charge on any atom is 0.237 e. The number of rotatable bonds is 2. The minimum absolute atomic E-state index is 0.0577. The first-order valence-corrected chi connectivity index (χ1v) is 7.29. The first-order valence-electron chi connectivity index (χ1n) is 7.29. The van der Waals surface area contributed by atoms with Crippen molar-refractivity contribution in [1.29, 1.82) is 0 Å². The van der Waals surface area contributed by atoms with Crippen LogP contribution in [0.3, 0.4) is 0 Å². The third-order valence-electron chi connectivity index (χ3n) is 4.57. The van der Waals surface area contributed by atoms with E-state index in [1.54, 1.807) is 0 Å². The summed E-state index contributed by atoms with van der Waals surface area (Å²) in [5, 5.41) is 4.21. The smallest absolute Gasteiger partial charge is 0.237 e. The van der Waals surface area contributed by atoms with Crippen molar-refractivity contribution < 1.29 is 9.32 Å². The fourth-order valence-corrected chi connectivity index (χ4v) is 3.57. The lowest BCUT2D eigenvalue weighted by Gasteiger charge is -2.29. The standard InChI is InChI=1S/C14H21N3O2/c15-16-14(18)10-6-2-1-5-9(10)13-11-7-3-4-8-12(11)17-19-13/h9-10H,1-8,15H2,(H,16,18). The van der Waals surface area contributed by atoms with Gasteiger partial charge in [-0.05, 0) is 38.5 Å². The molecule has 1 heterocycles. The fraction of sp³-hybridized carbons (Fsp3) is 0.714. The number of amides is 1. The average molecular weight is 263 g/mol. The average Bonchev–Trinajstić information content (AvgIpc) is 2.90. The first-order chi connectivity index (χ1) is 9.31. The maximum atomic E-state index is 11.9. The molecule has 0 bridgehead atoms. The van der Waals surface area contributed by atoms with Crippen molar-refractivity contribution in [2.24, 2.45) is 11.8 Å². The van der Waals surface area contributed by atoms with Crippen LogP contribution in [-0.2, 0) is 17.6 Å². The number of hydrogen-bond donors (Lipinski definition) is 2. The molecule has 2 aliphatic carbocycles. The number of hydrogen-bond acceptors (Lipinski definition) is 4. The van der Waals surface area contributed by atoms with Crippen molar-refractivity contribution in [3.63, 3.8) is 0 Å². The van der Waals surface area contributed by atoms with E-state index in [2.05, 4.69) is 10.6 Å². The van der Waals surface area contributed by atoms with Crippen molar-refractivity contribution in [2.75, 3.05) is 0 Å². The van der Waals surface area contributed by atoms with E-state index >= 15 is 0 Å². The molecule has 0 aromatic carbocycles. The second-order valence-corrected chi connectivity index (χ2v) is 5.69. The van der Waals surface area contributed by atoms with Gasteiger partial charge in [-0.3, -0.25) is 10.2 Å². The third-order valence-corrected chi connectivity index (χ3v) is 4.57. The number of carbonyl (C=O) groups excluding carboxylic acids is 1. The molecule has 0 radical (unpaired) electrons. The molecule has 19 heavy (non-hydrogen) atoms. The summed E-state index contributed by atoms with van der Waals surface area (Å²) in [5.74, 6) is 6.31. The molecular formula is C14H21N3O2. The minimum Gasteiger partial charge on any atom is -0.361 e. The Morgan fingerprint density at radius 2 is 2.00 bits per heavy atom. The van der Waals surface area contributed by atoms with Crippen molar-refractivity contribution in [2.45, 2.75) is 57.3 Å². The molecule has 3 rings (SSSR count). The Labute approximate surface area is 112 Å². The zero-order chi connectivity index (χ0) is 13.2. The molecule has 1 fully saturated rings. The molecule has 5 heteroatoms. The largest absolute Gasteiger partial charge is 0.361 e. The molecule has 2 atom stereocenters. The van der Waals surface area contributed by atoms with E-state index in [0.717, 1.165) is 50.0 Å². The van der Waals surface area contributed by atoms with Gasteiger partial charge in [-0.2, -0.15) is 0 Å². The van der Waals surface area contributed by atoms with E-state index in [4.69, 9.17) is 10.4 Å². The van der Waals surface area contributed by atoms with Gasteiger partial charge in [0.1, 0.15) is 5.76 Å². The van der Waals surface area contributed by atoms with E-state index in [1.165, 1.54) is 18.4 Å². The summed E-state index contributed by atoms with van der Waals surface area (Å²) in [6, 6.07) is 0. The normalized spacial score (nSPS) is 26.8. The second kappa shape index (κ2) is 5.33. The fourth-order valence-electron chi connectivity index (χ4n) is 3.57. The summed E-state index contributed by atoms with van der Waals surface area (Å²) in [4.78, 5) is 11.9. The molecule has 0 aliphatic heterocycles. The zero-order valence-corrected chi connectivity index (χ0v) is 11.2. The van der Waals surface area contributed by atoms with Gasteiger partial charge in [-0.25, -0.2) is 5.84 Å². The van der Waals surface area contributed by atoms with Crippen LogP contribution in [0.5, 0.6) is 0 Å². The highest BCUT2D eigenvalue weighted by Crippen LogP contribution is 2.41. The van der Waals surface area contributed by atoms with Crippen LogP contribution < -0.4 is 11.3 Å². The highest BCUT2D eigenvalue weighted by molar-refractivity contribution is 5.79. The maximum absolute atomic E-state index is 11.9. The number of fused-ring (bicyclic) bond motifs is 1. The van der Waals surface area contributed by atoms with Gasteiger partial charge in [0.15, 0.2) is 0 Å². The van der Waals surface area contributed by atoms with Crippen LogP contribution in [-0.4, -0.2) is 11.1 Å². The van der Waals surface area contributed by atoms with Crippen molar-refractivity contribution >= 4 is 5.91 Å². The van der Waals surface area contributed by atoms with Gasteiger partial charge in [0, 0.05) is 17.4 Å². The van der Waals surface area contributed by atoms with Gasteiger partial charge < -0.3 is 4.52 Å². The van der Waals surface area contributed by atoms with Crippen LogP contribution in [0.15, 0.2) is 4.52 Å². The summed E-state index contributed by atoms with van der Waals surface area (Å²) in [7, 11) is 0. The molecule has 104 valence electrons. The molecule has 1 aromatic heterocycles. The number of carbonyl (C=O) groups is 1. The Morgan fingerprint density at radius 1 is 1.21 bits per heavy atom. The summed E-state index contributed by atoms with van der Waals surface area (Å²) in [5.41, 5.74) is 4.69. The van der Waals surface area contributed by atoms with Gasteiger partial charge in [0.05, 0.1) is 5.69 Å². The second-order valence-electron chi connectivity index (χ2n) is 5.69. The van der Waals surface area contributed by atoms with E-state index in [0.29, 0.717) is 0 Å². The molecule has 0 saturated heterocycles. The Morgan fingerprint density at radius 3 is 2.84 bits per heavy atom. The van der Waals surface area contributed by atoms with E-state index < -0.39 is 0 Å².